The Morgan fingerprint density at radius 1 is 1.06 bits per heavy atom. The molecule has 0 spiro atoms. The second kappa shape index (κ2) is 17.0. The summed E-state index contributed by atoms with van der Waals surface area (Å²) in [6.45, 7) is 9.85. The maximum atomic E-state index is 14.4. The number of nitrogens with zero attached hydrogens (tertiary/aromatic N) is 3. The second-order valence-electron chi connectivity index (χ2n) is 12.5. The van der Waals surface area contributed by atoms with Gasteiger partial charge >= 0.3 is 12.1 Å². The van der Waals surface area contributed by atoms with E-state index in [1.54, 1.807) is 55.8 Å². The molecule has 4 N–H and O–H groups in total. The lowest BCUT2D eigenvalue weighted by Crippen LogP contribution is -2.48. The lowest BCUT2D eigenvalue weighted by atomic mass is 10.0. The van der Waals surface area contributed by atoms with E-state index in [-0.39, 0.29) is 42.7 Å². The fourth-order valence-electron chi connectivity index (χ4n) is 5.49. The minimum Gasteiger partial charge on any atom is -0.490 e. The van der Waals surface area contributed by atoms with Crippen LogP contribution in [0.4, 0.5) is 26.7 Å². The molecule has 4 rings (SSSR count). The van der Waals surface area contributed by atoms with Crippen molar-refractivity contribution in [2.75, 3.05) is 49.3 Å². The van der Waals surface area contributed by atoms with Crippen molar-refractivity contribution >= 4 is 35.0 Å². The van der Waals surface area contributed by atoms with E-state index >= 15 is 0 Å². The van der Waals surface area contributed by atoms with E-state index in [2.05, 4.69) is 21.1 Å². The highest BCUT2D eigenvalue weighted by Gasteiger charge is 2.31. The Bertz CT molecular complexity index is 1510. The smallest absolute Gasteiger partial charge is 0.323 e. The summed E-state index contributed by atoms with van der Waals surface area (Å²) in [6.07, 6.45) is 1.77. The number of ether oxygens (including phenoxy) is 2. The van der Waals surface area contributed by atoms with Gasteiger partial charge in [-0.25, -0.2) is 9.59 Å². The van der Waals surface area contributed by atoms with Gasteiger partial charge in [0.05, 0.1) is 30.4 Å². The molecule has 13 nitrogen and oxygen atoms in total. The van der Waals surface area contributed by atoms with Crippen LogP contribution in [0.3, 0.4) is 0 Å². The van der Waals surface area contributed by atoms with Crippen molar-refractivity contribution in [1.82, 2.24) is 15.0 Å². The molecule has 0 bridgehead atoms. The number of likely N-dealkylation sites (N-methyl/N-ethyl adjacent to an activating group) is 1. The number of fused-ring (bicyclic) bond motifs is 1. The second-order valence-corrected chi connectivity index (χ2v) is 12.5. The van der Waals surface area contributed by atoms with E-state index in [0.717, 1.165) is 19.3 Å². The van der Waals surface area contributed by atoms with Gasteiger partial charge in [-0.2, -0.15) is 0 Å². The highest BCUT2D eigenvalue weighted by Crippen LogP contribution is 2.29. The molecular weight excluding hydrogens is 616 g/mol. The molecule has 0 saturated heterocycles. The number of hydrogen-bond acceptors (Lipinski definition) is 8. The van der Waals surface area contributed by atoms with Crippen molar-refractivity contribution in [3.63, 3.8) is 0 Å². The Kier molecular flexibility index (Phi) is 12.8. The molecule has 0 aliphatic carbocycles. The third-order valence-corrected chi connectivity index (χ3v) is 8.41. The van der Waals surface area contributed by atoms with Gasteiger partial charge in [-0.05, 0) is 77.3 Å². The number of rotatable bonds is 7. The number of aryl methyl sites for hydroxylation is 2. The number of amides is 5. The normalized spacial score (nSPS) is 19.7. The van der Waals surface area contributed by atoms with Gasteiger partial charge in [0.2, 0.25) is 0 Å². The fraction of sp³-hybridized carbons (Fsp3) is 0.486. The molecule has 1 aromatic heterocycles. The molecule has 0 saturated carbocycles. The standard InChI is InChI=1S/C35H48N6O7/c1-22-19-41(23(2)21-42)33(43)29-18-28(36-34(44)38-32-25(4)39-48-26(32)5)15-16-30(29)47-24(3)12-10-11-17-46-31(22)20-40(6)35(45)37-27-13-8-7-9-14-27/h7-9,13-16,18,22-24,31,42H,10-12,17,19-21H2,1-6H3,(H,37,45)(H2,36,38,44)/t22-,23+,24-,31+/m1/s1. The van der Waals surface area contributed by atoms with Gasteiger partial charge < -0.3 is 44.9 Å². The Balaban J connectivity index is 1.59. The predicted octanol–water partition coefficient (Wildman–Crippen LogP) is 5.89. The van der Waals surface area contributed by atoms with Crippen LogP contribution in [-0.2, 0) is 4.74 Å². The topological polar surface area (TPSA) is 158 Å². The number of benzene rings is 2. The van der Waals surface area contributed by atoms with Crippen LogP contribution in [0, 0.1) is 19.8 Å². The highest BCUT2D eigenvalue weighted by molar-refractivity contribution is 6.03. The number of carbonyl (C=O) groups excluding carboxylic acids is 3. The zero-order valence-electron chi connectivity index (χ0n) is 28.6. The number of urea groups is 2. The van der Waals surface area contributed by atoms with Crippen LogP contribution in [0.5, 0.6) is 5.75 Å². The molecule has 0 fully saturated rings. The van der Waals surface area contributed by atoms with Crippen LogP contribution in [0.1, 0.15) is 61.8 Å². The summed E-state index contributed by atoms with van der Waals surface area (Å²) >= 11 is 0. The first-order chi connectivity index (χ1) is 23.0. The lowest BCUT2D eigenvalue weighted by molar-refractivity contribution is -0.0115. The van der Waals surface area contributed by atoms with Crippen LogP contribution >= 0.6 is 0 Å². The Morgan fingerprint density at radius 2 is 1.81 bits per heavy atom. The van der Waals surface area contributed by atoms with Crippen molar-refractivity contribution in [3.8, 4) is 5.75 Å². The number of anilines is 3. The molecule has 1 aliphatic rings. The van der Waals surface area contributed by atoms with Crippen molar-refractivity contribution in [2.24, 2.45) is 5.92 Å². The quantitative estimate of drug-likeness (QED) is 0.243. The molecule has 13 heteroatoms. The van der Waals surface area contributed by atoms with Crippen molar-refractivity contribution < 1.29 is 33.5 Å². The van der Waals surface area contributed by atoms with E-state index in [0.29, 0.717) is 47.4 Å². The lowest BCUT2D eigenvalue weighted by Gasteiger charge is -2.35. The molecule has 3 aromatic rings. The minimum absolute atomic E-state index is 0.201. The maximum absolute atomic E-state index is 14.4. The van der Waals surface area contributed by atoms with Gasteiger partial charge in [0.1, 0.15) is 17.1 Å². The molecule has 260 valence electrons. The van der Waals surface area contributed by atoms with Gasteiger partial charge in [0.15, 0.2) is 5.76 Å². The summed E-state index contributed by atoms with van der Waals surface area (Å²) in [5.74, 6) is 0.265. The van der Waals surface area contributed by atoms with Crippen molar-refractivity contribution in [2.45, 2.75) is 72.1 Å². The Hall–Kier alpha value is -4.62. The number of hydrogen-bond donors (Lipinski definition) is 4. The zero-order valence-corrected chi connectivity index (χ0v) is 28.6. The van der Waals surface area contributed by atoms with Crippen molar-refractivity contribution in [3.05, 3.63) is 65.5 Å². The number of aromatic nitrogens is 1. The first-order valence-corrected chi connectivity index (χ1v) is 16.4. The number of nitrogens with one attached hydrogen (secondary N) is 3. The zero-order chi connectivity index (χ0) is 34.8. The van der Waals surface area contributed by atoms with Crippen LogP contribution in [0.25, 0.3) is 0 Å². The number of aliphatic hydroxyl groups excluding tert-OH is 1. The summed E-state index contributed by atoms with van der Waals surface area (Å²) in [7, 11) is 1.71. The molecule has 5 amide bonds. The summed E-state index contributed by atoms with van der Waals surface area (Å²) in [5, 5.41) is 22.5. The summed E-state index contributed by atoms with van der Waals surface area (Å²) in [6, 6.07) is 12.8. The predicted molar refractivity (Wildman–Crippen MR) is 184 cm³/mol. The first kappa shape index (κ1) is 36.2. The molecule has 1 aliphatic heterocycles. The summed E-state index contributed by atoms with van der Waals surface area (Å²) in [5.41, 5.74) is 2.32. The minimum atomic E-state index is -0.544. The molecule has 0 unspecified atom stereocenters. The first-order valence-electron chi connectivity index (χ1n) is 16.4. The van der Waals surface area contributed by atoms with Gasteiger partial charge in [-0.1, -0.05) is 30.3 Å². The van der Waals surface area contributed by atoms with Crippen LogP contribution in [0.2, 0.25) is 0 Å². The van der Waals surface area contributed by atoms with Gasteiger partial charge in [-0.3, -0.25) is 4.79 Å². The molecule has 0 radical (unpaired) electrons. The van der Waals surface area contributed by atoms with E-state index in [1.165, 1.54) is 0 Å². The molecule has 4 atom stereocenters. The number of para-hydroxylation sites is 1. The average Bonchev–Trinajstić information content (AvgIpc) is 3.38. The third-order valence-electron chi connectivity index (χ3n) is 8.41. The summed E-state index contributed by atoms with van der Waals surface area (Å²) < 4.78 is 17.8. The third kappa shape index (κ3) is 9.71. The molecule has 2 heterocycles. The Morgan fingerprint density at radius 3 is 2.50 bits per heavy atom. The van der Waals surface area contributed by atoms with Crippen LogP contribution in [-0.4, -0.2) is 89.6 Å². The number of carbonyl (C=O) groups is 3. The monoisotopic (exact) mass is 664 g/mol. The van der Waals surface area contributed by atoms with Gasteiger partial charge in [0, 0.05) is 44.0 Å². The van der Waals surface area contributed by atoms with Crippen molar-refractivity contribution in [1.29, 1.82) is 0 Å². The van der Waals surface area contributed by atoms with Gasteiger partial charge in [0.25, 0.3) is 5.91 Å². The van der Waals surface area contributed by atoms with E-state index in [1.807, 2.05) is 44.2 Å². The molecule has 48 heavy (non-hydrogen) atoms. The largest absolute Gasteiger partial charge is 0.490 e. The van der Waals surface area contributed by atoms with E-state index < -0.39 is 18.2 Å². The summed E-state index contributed by atoms with van der Waals surface area (Å²) in [4.78, 5) is 43.5. The maximum Gasteiger partial charge on any atom is 0.323 e. The van der Waals surface area contributed by atoms with Gasteiger partial charge in [-0.15, -0.1) is 0 Å². The van der Waals surface area contributed by atoms with E-state index in [9.17, 15) is 19.5 Å². The van der Waals surface area contributed by atoms with Crippen LogP contribution < -0.4 is 20.7 Å². The van der Waals surface area contributed by atoms with Crippen LogP contribution in [0.15, 0.2) is 53.1 Å². The highest BCUT2D eigenvalue weighted by atomic mass is 16.5. The number of aliphatic hydroxyl groups is 1. The fourth-order valence-corrected chi connectivity index (χ4v) is 5.49. The average molecular weight is 665 g/mol. The molecule has 2 aromatic carbocycles. The molecular formula is C35H48N6O7. The van der Waals surface area contributed by atoms with E-state index in [4.69, 9.17) is 14.0 Å². The SMILES string of the molecule is Cc1noc(C)c1NC(=O)Nc1ccc2c(c1)C(=O)N([C@@H](C)CO)C[C@@H](C)[C@H](CN(C)C(=O)Nc1ccccc1)OCCCC[C@@H](C)O2. The Labute approximate surface area is 281 Å².